The number of alkyl halides is 2. The molecule has 0 spiro atoms. The second kappa shape index (κ2) is 11.1. The number of carbonyl (C=O) groups excluding carboxylic acids is 1. The van der Waals surface area contributed by atoms with Crippen molar-refractivity contribution in [2.75, 3.05) is 19.8 Å². The first-order valence-corrected chi connectivity index (χ1v) is 10.8. The minimum atomic E-state index is -2.93. The van der Waals surface area contributed by atoms with Crippen molar-refractivity contribution in [1.82, 2.24) is 4.90 Å². The molecule has 2 aromatic rings. The van der Waals surface area contributed by atoms with Crippen molar-refractivity contribution in [1.29, 1.82) is 0 Å². The van der Waals surface area contributed by atoms with E-state index in [1.807, 2.05) is 17.5 Å². The van der Waals surface area contributed by atoms with Crippen molar-refractivity contribution in [2.24, 2.45) is 0 Å². The Labute approximate surface area is 178 Å². The van der Waals surface area contributed by atoms with Crippen molar-refractivity contribution in [3.8, 4) is 11.5 Å². The lowest BCUT2D eigenvalue weighted by atomic mass is 10.1. The number of thiophene rings is 1. The van der Waals surface area contributed by atoms with E-state index in [0.29, 0.717) is 25.3 Å². The second-order valence-corrected chi connectivity index (χ2v) is 7.82. The maximum atomic E-state index is 12.9. The molecule has 2 heterocycles. The molecule has 1 atom stereocenters. The van der Waals surface area contributed by atoms with Gasteiger partial charge in [-0.05, 0) is 55.0 Å². The Bertz CT molecular complexity index is 836. The summed E-state index contributed by atoms with van der Waals surface area (Å²) >= 11 is 1.60. The first-order chi connectivity index (χ1) is 14.5. The van der Waals surface area contributed by atoms with Gasteiger partial charge in [-0.3, -0.25) is 4.79 Å². The molecule has 0 bridgehead atoms. The molecule has 1 saturated heterocycles. The zero-order valence-corrected chi connectivity index (χ0v) is 17.6. The molecule has 1 unspecified atom stereocenters. The zero-order valence-electron chi connectivity index (χ0n) is 16.8. The number of halogens is 2. The number of nitrogens with zero attached hydrogens (tertiary/aromatic N) is 1. The summed E-state index contributed by atoms with van der Waals surface area (Å²) in [5.74, 6) is 0.0417. The molecule has 1 aliphatic rings. The summed E-state index contributed by atoms with van der Waals surface area (Å²) in [5, 5.41) is 1.98. The summed E-state index contributed by atoms with van der Waals surface area (Å²) in [7, 11) is 0. The standard InChI is InChI=1S/C22H25F2NO4S/c1-2-27-20-13-16(7-9-19(20)29-22(23)24)8-10-21(26)25(14-17-5-3-11-28-17)15-18-6-4-12-30-18/h4,6-10,12-13,17,22H,2-3,5,11,14-15H2,1H3/b10-8+. The van der Waals surface area contributed by atoms with E-state index in [1.165, 1.54) is 12.1 Å². The van der Waals surface area contributed by atoms with Crippen LogP contribution in [-0.4, -0.2) is 43.3 Å². The van der Waals surface area contributed by atoms with Gasteiger partial charge in [-0.25, -0.2) is 0 Å². The average Bonchev–Trinajstić information content (AvgIpc) is 3.41. The Morgan fingerprint density at radius 3 is 2.90 bits per heavy atom. The first-order valence-electron chi connectivity index (χ1n) is 9.87. The topological polar surface area (TPSA) is 48.0 Å². The predicted octanol–water partition coefficient (Wildman–Crippen LogP) is 4.97. The third-order valence-corrected chi connectivity index (χ3v) is 5.45. The van der Waals surface area contributed by atoms with Crippen LogP contribution in [0.2, 0.25) is 0 Å². The van der Waals surface area contributed by atoms with Gasteiger partial charge in [0.1, 0.15) is 0 Å². The summed E-state index contributed by atoms with van der Waals surface area (Å²) in [6.07, 6.45) is 5.14. The molecule has 1 fully saturated rings. The van der Waals surface area contributed by atoms with Crippen LogP contribution in [0.1, 0.15) is 30.2 Å². The zero-order chi connectivity index (χ0) is 21.3. The molecule has 1 amide bonds. The SMILES string of the molecule is CCOc1cc(/C=C/C(=O)N(Cc2cccs2)CC2CCCO2)ccc1OC(F)F. The van der Waals surface area contributed by atoms with Crippen molar-refractivity contribution in [3.63, 3.8) is 0 Å². The number of hydrogen-bond acceptors (Lipinski definition) is 5. The average molecular weight is 438 g/mol. The van der Waals surface area contributed by atoms with Crippen LogP contribution in [0.15, 0.2) is 41.8 Å². The Hall–Kier alpha value is -2.45. The van der Waals surface area contributed by atoms with Gasteiger partial charge >= 0.3 is 6.61 Å². The Morgan fingerprint density at radius 2 is 2.23 bits per heavy atom. The summed E-state index contributed by atoms with van der Waals surface area (Å²) in [6, 6.07) is 8.56. The van der Waals surface area contributed by atoms with Gasteiger partial charge in [-0.15, -0.1) is 11.3 Å². The molecule has 0 aliphatic carbocycles. The maximum absolute atomic E-state index is 12.9. The monoisotopic (exact) mass is 437 g/mol. The molecule has 30 heavy (non-hydrogen) atoms. The van der Waals surface area contributed by atoms with E-state index < -0.39 is 6.61 Å². The summed E-state index contributed by atoms with van der Waals surface area (Å²) in [5.41, 5.74) is 0.654. The molecule has 162 valence electrons. The number of ether oxygens (including phenoxy) is 3. The van der Waals surface area contributed by atoms with Gasteiger partial charge in [0.15, 0.2) is 11.5 Å². The fourth-order valence-corrected chi connectivity index (χ4v) is 3.94. The number of rotatable bonds is 10. The van der Waals surface area contributed by atoms with Crippen molar-refractivity contribution in [3.05, 3.63) is 52.2 Å². The van der Waals surface area contributed by atoms with Crippen molar-refractivity contribution in [2.45, 2.75) is 39.0 Å². The van der Waals surface area contributed by atoms with Crippen LogP contribution in [0.25, 0.3) is 6.08 Å². The number of hydrogen-bond donors (Lipinski definition) is 0. The van der Waals surface area contributed by atoms with Gasteiger partial charge in [-0.2, -0.15) is 8.78 Å². The largest absolute Gasteiger partial charge is 0.490 e. The van der Waals surface area contributed by atoms with Crippen LogP contribution < -0.4 is 9.47 Å². The smallest absolute Gasteiger partial charge is 0.387 e. The molecule has 1 aromatic heterocycles. The molecule has 0 saturated carbocycles. The highest BCUT2D eigenvalue weighted by molar-refractivity contribution is 7.09. The Balaban J connectivity index is 1.72. The van der Waals surface area contributed by atoms with Crippen LogP contribution >= 0.6 is 11.3 Å². The number of carbonyl (C=O) groups is 1. The lowest BCUT2D eigenvalue weighted by Gasteiger charge is -2.23. The van der Waals surface area contributed by atoms with Crippen molar-refractivity contribution >= 4 is 23.3 Å². The molecule has 0 N–H and O–H groups in total. The van der Waals surface area contributed by atoms with E-state index in [9.17, 15) is 13.6 Å². The van der Waals surface area contributed by atoms with Gasteiger partial charge in [0.05, 0.1) is 19.3 Å². The highest BCUT2D eigenvalue weighted by Crippen LogP contribution is 2.30. The lowest BCUT2D eigenvalue weighted by molar-refractivity contribution is -0.128. The molecule has 8 heteroatoms. The molecule has 1 aliphatic heterocycles. The van der Waals surface area contributed by atoms with Gasteiger partial charge < -0.3 is 19.1 Å². The third-order valence-electron chi connectivity index (χ3n) is 4.59. The summed E-state index contributed by atoms with van der Waals surface area (Å²) in [4.78, 5) is 15.8. The Kier molecular flexibility index (Phi) is 8.21. The maximum Gasteiger partial charge on any atom is 0.387 e. The van der Waals surface area contributed by atoms with E-state index in [0.717, 1.165) is 24.3 Å². The van der Waals surface area contributed by atoms with Crippen LogP contribution in [0.5, 0.6) is 11.5 Å². The second-order valence-electron chi connectivity index (χ2n) is 6.78. The van der Waals surface area contributed by atoms with Crippen LogP contribution in [0.3, 0.4) is 0 Å². The summed E-state index contributed by atoms with van der Waals surface area (Å²) in [6.45, 7) is 0.913. The molecular weight excluding hydrogens is 412 g/mol. The number of benzene rings is 1. The first kappa shape index (κ1) is 22.2. The minimum absolute atomic E-state index is 0.0342. The normalized spacial score (nSPS) is 16.3. The molecular formula is C22H25F2NO4S. The van der Waals surface area contributed by atoms with Gasteiger partial charge in [0, 0.05) is 24.1 Å². The molecule has 0 radical (unpaired) electrons. The number of amides is 1. The van der Waals surface area contributed by atoms with Crippen LogP contribution in [-0.2, 0) is 16.1 Å². The molecule has 3 rings (SSSR count). The van der Waals surface area contributed by atoms with Gasteiger partial charge in [-0.1, -0.05) is 12.1 Å². The molecule has 1 aromatic carbocycles. The lowest BCUT2D eigenvalue weighted by Crippen LogP contribution is -2.35. The van der Waals surface area contributed by atoms with Crippen molar-refractivity contribution < 1.29 is 27.8 Å². The third kappa shape index (κ3) is 6.53. The van der Waals surface area contributed by atoms with E-state index in [2.05, 4.69) is 4.74 Å². The van der Waals surface area contributed by atoms with Gasteiger partial charge in [0.25, 0.3) is 0 Å². The van der Waals surface area contributed by atoms with Gasteiger partial charge in [0.2, 0.25) is 5.91 Å². The highest BCUT2D eigenvalue weighted by atomic mass is 32.1. The van der Waals surface area contributed by atoms with E-state index >= 15 is 0 Å². The minimum Gasteiger partial charge on any atom is -0.490 e. The fourth-order valence-electron chi connectivity index (χ4n) is 3.22. The van der Waals surface area contributed by atoms with Crippen LogP contribution in [0, 0.1) is 0 Å². The highest BCUT2D eigenvalue weighted by Gasteiger charge is 2.22. The Morgan fingerprint density at radius 1 is 1.37 bits per heavy atom. The van der Waals surface area contributed by atoms with E-state index in [4.69, 9.17) is 9.47 Å². The van der Waals surface area contributed by atoms with E-state index in [-0.39, 0.29) is 23.5 Å². The summed E-state index contributed by atoms with van der Waals surface area (Å²) < 4.78 is 40.7. The van der Waals surface area contributed by atoms with Crippen LogP contribution in [0.4, 0.5) is 8.78 Å². The van der Waals surface area contributed by atoms with E-state index in [1.54, 1.807) is 41.4 Å². The predicted molar refractivity (Wildman–Crippen MR) is 112 cm³/mol. The quantitative estimate of drug-likeness (QED) is 0.493. The molecule has 5 nitrogen and oxygen atoms in total. The fraction of sp³-hybridized carbons (Fsp3) is 0.409.